The fourth-order valence-corrected chi connectivity index (χ4v) is 4.59. The molecule has 3 aromatic carbocycles. The fraction of sp³-hybridized carbons (Fsp3) is 0.0667. The van der Waals surface area contributed by atoms with Gasteiger partial charge in [-0.1, -0.05) is 35.3 Å². The Balaban J connectivity index is 1.49. The molecule has 2 heterocycles. The lowest BCUT2D eigenvalue weighted by atomic mass is 10.0. The summed E-state index contributed by atoms with van der Waals surface area (Å²) >= 11 is 11.9. The topological polar surface area (TPSA) is 88.3 Å². The highest BCUT2D eigenvalue weighted by molar-refractivity contribution is 6.31. The number of hydrogen-bond acceptors (Lipinski definition) is 5. The van der Waals surface area contributed by atoms with Gasteiger partial charge in [0, 0.05) is 33.9 Å². The molecule has 0 unspecified atom stereocenters. The Bertz CT molecular complexity index is 1800. The summed E-state index contributed by atoms with van der Waals surface area (Å²) < 4.78 is 42.5. The van der Waals surface area contributed by atoms with E-state index in [0.29, 0.717) is 26.0 Å². The molecule has 212 valence electrons. The van der Waals surface area contributed by atoms with Crippen LogP contribution in [-0.2, 0) is 6.18 Å². The van der Waals surface area contributed by atoms with Crippen LogP contribution >= 0.6 is 23.2 Å². The predicted molar refractivity (Wildman–Crippen MR) is 153 cm³/mol. The summed E-state index contributed by atoms with van der Waals surface area (Å²) in [5.74, 6) is -2.15. The van der Waals surface area contributed by atoms with Crippen molar-refractivity contribution in [3.05, 3.63) is 124 Å². The molecule has 7 nitrogen and oxygen atoms in total. The number of aromatic nitrogens is 3. The molecule has 5 rings (SSSR count). The van der Waals surface area contributed by atoms with Gasteiger partial charge in [0.25, 0.3) is 0 Å². The zero-order chi connectivity index (χ0) is 30.2. The number of hydrogen-bond donors (Lipinski definition) is 1. The molecule has 0 radical (unpaired) electrons. The highest BCUT2D eigenvalue weighted by atomic mass is 35.5. The molecule has 0 aliphatic carbocycles. The summed E-state index contributed by atoms with van der Waals surface area (Å²) in [4.78, 5) is 31.4. The maximum atomic E-state index is 14.0. The molecule has 1 N–H and O–H groups in total. The lowest BCUT2D eigenvalue weighted by molar-refractivity contribution is -0.142. The summed E-state index contributed by atoms with van der Waals surface area (Å²) in [5.41, 5.74) is -0.411. The Labute approximate surface area is 247 Å². The van der Waals surface area contributed by atoms with Crippen molar-refractivity contribution in [3.63, 3.8) is 0 Å². The molecule has 42 heavy (non-hydrogen) atoms. The first-order chi connectivity index (χ1) is 19.9. The molecule has 0 fully saturated rings. The molecule has 0 bridgehead atoms. The minimum Gasteiger partial charge on any atom is -0.478 e. The molecule has 0 saturated carbocycles. The van der Waals surface area contributed by atoms with Gasteiger partial charge in [-0.3, -0.25) is 9.78 Å². The van der Waals surface area contributed by atoms with E-state index in [1.54, 1.807) is 30.3 Å². The second-order valence-electron chi connectivity index (χ2n) is 9.14. The lowest BCUT2D eigenvalue weighted by Crippen LogP contribution is -2.17. The van der Waals surface area contributed by atoms with Gasteiger partial charge in [0.2, 0.25) is 5.78 Å². The van der Waals surface area contributed by atoms with E-state index in [9.17, 15) is 27.9 Å². The molecule has 0 aliphatic rings. The van der Waals surface area contributed by atoms with Crippen molar-refractivity contribution in [2.75, 3.05) is 11.9 Å². The van der Waals surface area contributed by atoms with Crippen LogP contribution in [0.5, 0.6) is 0 Å². The number of pyridine rings is 1. The zero-order valence-electron chi connectivity index (χ0n) is 21.6. The third-order valence-corrected chi connectivity index (χ3v) is 6.91. The minimum atomic E-state index is -4.86. The van der Waals surface area contributed by atoms with Crippen molar-refractivity contribution in [2.45, 2.75) is 6.18 Å². The molecule has 0 aliphatic heterocycles. The van der Waals surface area contributed by atoms with E-state index in [-0.39, 0.29) is 22.6 Å². The molecule has 2 aromatic heterocycles. The van der Waals surface area contributed by atoms with Crippen LogP contribution < -0.4 is 4.90 Å². The highest BCUT2D eigenvalue weighted by Crippen LogP contribution is 2.35. The Morgan fingerprint density at radius 3 is 2.21 bits per heavy atom. The molecular weight excluding hydrogens is 592 g/mol. The van der Waals surface area contributed by atoms with Crippen molar-refractivity contribution in [3.8, 4) is 16.9 Å². The first-order valence-electron chi connectivity index (χ1n) is 12.2. The molecule has 12 heteroatoms. The predicted octanol–water partition coefficient (Wildman–Crippen LogP) is 7.96. The molecular formula is C30H19Cl2F3N4O3. The van der Waals surface area contributed by atoms with Crippen LogP contribution in [0.2, 0.25) is 10.0 Å². The SMILES string of the molecule is CN(c1ccc(Cl)cc1)c1ccc(C(=O)c2ccc(-n3nc(-c4cccc(Cl)c4)cc3C(F)(F)F)c(C(=O)O)c2)nc1. The van der Waals surface area contributed by atoms with Crippen LogP contribution in [0.4, 0.5) is 24.5 Å². The molecule has 0 spiro atoms. The number of nitrogens with zero attached hydrogens (tertiary/aromatic N) is 4. The third-order valence-electron chi connectivity index (χ3n) is 6.42. The first kappa shape index (κ1) is 28.8. The van der Waals surface area contributed by atoms with Gasteiger partial charge in [0.05, 0.1) is 28.8 Å². The molecule has 0 atom stereocenters. The van der Waals surface area contributed by atoms with Crippen LogP contribution in [0.15, 0.2) is 91.1 Å². The number of carboxylic acid groups (broad SMARTS) is 1. The first-order valence-corrected chi connectivity index (χ1v) is 13.0. The summed E-state index contributed by atoms with van der Waals surface area (Å²) in [5, 5.41) is 14.8. The maximum absolute atomic E-state index is 14.0. The Morgan fingerprint density at radius 1 is 0.881 bits per heavy atom. The smallest absolute Gasteiger partial charge is 0.433 e. The van der Waals surface area contributed by atoms with Gasteiger partial charge >= 0.3 is 12.1 Å². The van der Waals surface area contributed by atoms with E-state index in [1.807, 2.05) is 24.1 Å². The van der Waals surface area contributed by atoms with Gasteiger partial charge in [0.1, 0.15) is 11.4 Å². The number of rotatable bonds is 7. The fourth-order valence-electron chi connectivity index (χ4n) is 4.27. The zero-order valence-corrected chi connectivity index (χ0v) is 23.1. The van der Waals surface area contributed by atoms with E-state index in [1.165, 1.54) is 30.5 Å². The summed E-state index contributed by atoms with van der Waals surface area (Å²) in [7, 11) is 1.81. The quantitative estimate of drug-likeness (QED) is 0.188. The van der Waals surface area contributed by atoms with Gasteiger partial charge in [-0.2, -0.15) is 18.3 Å². The van der Waals surface area contributed by atoms with Crippen LogP contribution in [0.3, 0.4) is 0 Å². The van der Waals surface area contributed by atoms with E-state index in [0.717, 1.165) is 23.9 Å². The van der Waals surface area contributed by atoms with Gasteiger partial charge < -0.3 is 10.0 Å². The minimum absolute atomic E-state index is 0.0191. The van der Waals surface area contributed by atoms with Crippen LogP contribution in [0.1, 0.15) is 32.1 Å². The number of anilines is 2. The normalized spacial score (nSPS) is 11.4. The van der Waals surface area contributed by atoms with Crippen LogP contribution in [-0.4, -0.2) is 38.7 Å². The highest BCUT2D eigenvalue weighted by Gasteiger charge is 2.37. The number of halogens is 5. The van der Waals surface area contributed by atoms with Gasteiger partial charge in [0.15, 0.2) is 0 Å². The standard InChI is InChI=1S/C30H19Cl2F3N4O3/c1-38(21-8-6-19(31)7-9-21)22-10-11-24(36-16-22)28(40)18-5-12-26(23(14-18)29(41)42)39-27(30(33,34)35)15-25(37-39)17-3-2-4-20(32)13-17/h2-16H,1H3,(H,41,42). The molecule has 0 saturated heterocycles. The van der Waals surface area contributed by atoms with Gasteiger partial charge in [-0.15, -0.1) is 0 Å². The Hall–Kier alpha value is -4.67. The van der Waals surface area contributed by atoms with Crippen molar-refractivity contribution in [1.29, 1.82) is 0 Å². The number of carbonyl (C=O) groups is 2. The third kappa shape index (κ3) is 5.86. The average molecular weight is 611 g/mol. The Morgan fingerprint density at radius 2 is 1.60 bits per heavy atom. The van der Waals surface area contributed by atoms with Crippen molar-refractivity contribution < 1.29 is 27.9 Å². The lowest BCUT2D eigenvalue weighted by Gasteiger charge is -2.19. The van der Waals surface area contributed by atoms with Crippen molar-refractivity contribution in [1.82, 2.24) is 14.8 Å². The molecule has 0 amide bonds. The number of carboxylic acids is 1. The number of aromatic carboxylic acids is 1. The van der Waals surface area contributed by atoms with Crippen LogP contribution in [0.25, 0.3) is 16.9 Å². The summed E-state index contributed by atoms with van der Waals surface area (Å²) in [6.45, 7) is 0. The number of ketones is 1. The van der Waals surface area contributed by atoms with Crippen LogP contribution in [0, 0.1) is 0 Å². The number of benzene rings is 3. The summed E-state index contributed by atoms with van der Waals surface area (Å²) in [6.07, 6.45) is -3.38. The van der Waals surface area contributed by atoms with E-state index in [4.69, 9.17) is 23.2 Å². The second-order valence-corrected chi connectivity index (χ2v) is 10.0. The monoisotopic (exact) mass is 610 g/mol. The second kappa shape index (κ2) is 11.3. The van der Waals surface area contributed by atoms with E-state index in [2.05, 4.69) is 10.1 Å². The van der Waals surface area contributed by atoms with E-state index >= 15 is 0 Å². The van der Waals surface area contributed by atoms with Gasteiger partial charge in [-0.25, -0.2) is 9.48 Å². The maximum Gasteiger partial charge on any atom is 0.433 e. The van der Waals surface area contributed by atoms with Crippen molar-refractivity contribution in [2.24, 2.45) is 0 Å². The van der Waals surface area contributed by atoms with Crippen molar-refractivity contribution >= 4 is 46.3 Å². The Kier molecular flexibility index (Phi) is 7.77. The number of alkyl halides is 3. The number of carbonyl (C=O) groups excluding carboxylic acids is 1. The summed E-state index contributed by atoms with van der Waals surface area (Å²) in [6, 6.07) is 20.5. The average Bonchev–Trinajstić information content (AvgIpc) is 3.43. The molecule has 5 aromatic rings. The van der Waals surface area contributed by atoms with Gasteiger partial charge in [-0.05, 0) is 72.8 Å². The largest absolute Gasteiger partial charge is 0.478 e. The van der Waals surface area contributed by atoms with E-state index < -0.39 is 29.2 Å².